The van der Waals surface area contributed by atoms with Gasteiger partial charge in [0, 0.05) is 10.7 Å². The first-order valence-corrected chi connectivity index (χ1v) is 3.82. The summed E-state index contributed by atoms with van der Waals surface area (Å²) in [7, 11) is 0. The van der Waals surface area contributed by atoms with Crippen LogP contribution in [0.3, 0.4) is 0 Å². The SMILES string of the molecule is Nc1n[nH]c2cc(Br)cnc12. The van der Waals surface area contributed by atoms with Gasteiger partial charge in [0.2, 0.25) is 0 Å². The van der Waals surface area contributed by atoms with Crippen LogP contribution < -0.4 is 5.73 Å². The highest BCUT2D eigenvalue weighted by Gasteiger charge is 2.01. The minimum absolute atomic E-state index is 0.438. The van der Waals surface area contributed by atoms with Crippen molar-refractivity contribution in [1.29, 1.82) is 0 Å². The topological polar surface area (TPSA) is 67.6 Å². The van der Waals surface area contributed by atoms with Crippen molar-refractivity contribution in [2.24, 2.45) is 0 Å². The lowest BCUT2D eigenvalue weighted by Crippen LogP contribution is -1.85. The third-order valence-electron chi connectivity index (χ3n) is 1.39. The second kappa shape index (κ2) is 2.20. The predicted molar refractivity (Wildman–Crippen MR) is 46.0 cm³/mol. The molecule has 0 aliphatic rings. The number of aromatic amines is 1. The van der Waals surface area contributed by atoms with Gasteiger partial charge in [-0.3, -0.25) is 5.10 Å². The summed E-state index contributed by atoms with van der Waals surface area (Å²) in [5.74, 6) is 0.438. The second-order valence-corrected chi connectivity index (χ2v) is 3.07. The Morgan fingerprint density at radius 2 is 2.36 bits per heavy atom. The van der Waals surface area contributed by atoms with E-state index in [2.05, 4.69) is 31.1 Å². The van der Waals surface area contributed by atoms with E-state index in [-0.39, 0.29) is 0 Å². The Bertz CT molecular complexity index is 394. The Kier molecular flexibility index (Phi) is 1.32. The monoisotopic (exact) mass is 212 g/mol. The number of aromatic nitrogens is 3. The van der Waals surface area contributed by atoms with Crippen molar-refractivity contribution in [1.82, 2.24) is 15.2 Å². The molecular weight excluding hydrogens is 208 g/mol. The third-order valence-corrected chi connectivity index (χ3v) is 1.83. The summed E-state index contributed by atoms with van der Waals surface area (Å²) >= 11 is 3.29. The van der Waals surface area contributed by atoms with Gasteiger partial charge in [-0.1, -0.05) is 0 Å². The van der Waals surface area contributed by atoms with E-state index in [4.69, 9.17) is 5.73 Å². The molecule has 0 unspecified atom stereocenters. The third kappa shape index (κ3) is 0.970. The minimum atomic E-state index is 0.438. The zero-order valence-electron chi connectivity index (χ0n) is 5.50. The van der Waals surface area contributed by atoms with Gasteiger partial charge in [0.05, 0.1) is 5.52 Å². The summed E-state index contributed by atoms with van der Waals surface area (Å²) in [5.41, 5.74) is 7.07. The van der Waals surface area contributed by atoms with Gasteiger partial charge in [0.15, 0.2) is 5.82 Å². The number of anilines is 1. The molecule has 2 aromatic heterocycles. The Hall–Kier alpha value is -1.10. The van der Waals surface area contributed by atoms with Crippen LogP contribution in [0.5, 0.6) is 0 Å². The van der Waals surface area contributed by atoms with Crippen molar-refractivity contribution < 1.29 is 0 Å². The molecule has 0 radical (unpaired) electrons. The molecule has 5 heteroatoms. The van der Waals surface area contributed by atoms with Crippen LogP contribution in [0.15, 0.2) is 16.7 Å². The molecule has 56 valence electrons. The zero-order valence-corrected chi connectivity index (χ0v) is 7.09. The lowest BCUT2D eigenvalue weighted by atomic mass is 10.4. The molecule has 0 aliphatic heterocycles. The van der Waals surface area contributed by atoms with Gasteiger partial charge in [0.1, 0.15) is 5.52 Å². The molecular formula is C6H5BrN4. The zero-order chi connectivity index (χ0) is 7.84. The van der Waals surface area contributed by atoms with Crippen LogP contribution in [-0.2, 0) is 0 Å². The summed E-state index contributed by atoms with van der Waals surface area (Å²) in [6.45, 7) is 0. The standard InChI is InChI=1S/C6H5BrN4/c7-3-1-4-5(9-2-3)6(8)11-10-4/h1-2H,(H3,8,10,11). The molecule has 0 saturated heterocycles. The number of hydrogen-bond acceptors (Lipinski definition) is 3. The molecule has 3 N–H and O–H groups in total. The summed E-state index contributed by atoms with van der Waals surface area (Å²) in [5, 5.41) is 6.57. The van der Waals surface area contributed by atoms with Crippen LogP contribution in [0, 0.1) is 0 Å². The molecule has 4 nitrogen and oxygen atoms in total. The van der Waals surface area contributed by atoms with Crippen molar-refractivity contribution >= 4 is 32.8 Å². The molecule has 0 spiro atoms. The average Bonchev–Trinajstić information content (AvgIpc) is 2.32. The number of pyridine rings is 1. The largest absolute Gasteiger partial charge is 0.380 e. The molecule has 0 amide bonds. The lowest BCUT2D eigenvalue weighted by molar-refractivity contribution is 1.13. The van der Waals surface area contributed by atoms with Gasteiger partial charge in [-0.2, -0.15) is 5.10 Å². The van der Waals surface area contributed by atoms with Gasteiger partial charge >= 0.3 is 0 Å². The molecule has 0 aromatic carbocycles. The molecule has 0 saturated carbocycles. The Morgan fingerprint density at radius 3 is 3.18 bits per heavy atom. The maximum Gasteiger partial charge on any atom is 0.171 e. The molecule has 2 heterocycles. The highest BCUT2D eigenvalue weighted by molar-refractivity contribution is 9.10. The molecule has 2 aromatic rings. The molecule has 0 bridgehead atoms. The van der Waals surface area contributed by atoms with Crippen LogP contribution in [0.2, 0.25) is 0 Å². The second-order valence-electron chi connectivity index (χ2n) is 2.16. The van der Waals surface area contributed by atoms with Crippen LogP contribution in [0.4, 0.5) is 5.82 Å². The quantitative estimate of drug-likeness (QED) is 0.692. The summed E-state index contributed by atoms with van der Waals surface area (Å²) in [6.07, 6.45) is 1.69. The molecule has 0 atom stereocenters. The summed E-state index contributed by atoms with van der Waals surface area (Å²) in [6, 6.07) is 1.88. The molecule has 0 aliphatic carbocycles. The minimum Gasteiger partial charge on any atom is -0.380 e. The highest BCUT2D eigenvalue weighted by Crippen LogP contribution is 2.18. The van der Waals surface area contributed by atoms with Gasteiger partial charge in [-0.15, -0.1) is 0 Å². The van der Waals surface area contributed by atoms with Gasteiger partial charge in [-0.25, -0.2) is 4.98 Å². The first kappa shape index (κ1) is 6.60. The summed E-state index contributed by atoms with van der Waals surface area (Å²) in [4.78, 5) is 4.07. The molecule has 2 rings (SSSR count). The Labute approximate surface area is 70.9 Å². The lowest BCUT2D eigenvalue weighted by Gasteiger charge is -1.88. The first-order chi connectivity index (χ1) is 5.27. The van der Waals surface area contributed by atoms with E-state index in [1.807, 2.05) is 6.07 Å². The van der Waals surface area contributed by atoms with E-state index in [0.29, 0.717) is 11.3 Å². The predicted octanol–water partition coefficient (Wildman–Crippen LogP) is 1.30. The smallest absolute Gasteiger partial charge is 0.171 e. The van der Waals surface area contributed by atoms with Crippen LogP contribution >= 0.6 is 15.9 Å². The van der Waals surface area contributed by atoms with E-state index < -0.39 is 0 Å². The number of halogens is 1. The number of nitrogens with one attached hydrogen (secondary N) is 1. The van der Waals surface area contributed by atoms with Crippen molar-refractivity contribution in [3.63, 3.8) is 0 Å². The van der Waals surface area contributed by atoms with Crippen molar-refractivity contribution in [2.75, 3.05) is 5.73 Å². The highest BCUT2D eigenvalue weighted by atomic mass is 79.9. The van der Waals surface area contributed by atoms with E-state index in [0.717, 1.165) is 9.99 Å². The van der Waals surface area contributed by atoms with Crippen molar-refractivity contribution in [2.45, 2.75) is 0 Å². The van der Waals surface area contributed by atoms with Crippen LogP contribution in [0.1, 0.15) is 0 Å². The van der Waals surface area contributed by atoms with Crippen molar-refractivity contribution in [3.05, 3.63) is 16.7 Å². The number of nitrogens with two attached hydrogens (primary N) is 1. The number of rotatable bonds is 0. The fraction of sp³-hybridized carbons (Fsp3) is 0. The van der Waals surface area contributed by atoms with E-state index in [1.165, 1.54) is 0 Å². The number of nitrogen functional groups attached to an aromatic ring is 1. The van der Waals surface area contributed by atoms with Crippen molar-refractivity contribution in [3.8, 4) is 0 Å². The molecule has 11 heavy (non-hydrogen) atoms. The maximum absolute atomic E-state index is 5.51. The van der Waals surface area contributed by atoms with E-state index in [1.54, 1.807) is 6.20 Å². The number of hydrogen-bond donors (Lipinski definition) is 2. The first-order valence-electron chi connectivity index (χ1n) is 3.02. The van der Waals surface area contributed by atoms with E-state index >= 15 is 0 Å². The number of H-pyrrole nitrogens is 1. The van der Waals surface area contributed by atoms with E-state index in [9.17, 15) is 0 Å². The fourth-order valence-corrected chi connectivity index (χ4v) is 1.23. The number of fused-ring (bicyclic) bond motifs is 1. The van der Waals surface area contributed by atoms with Crippen LogP contribution in [0.25, 0.3) is 11.0 Å². The van der Waals surface area contributed by atoms with Gasteiger partial charge in [-0.05, 0) is 22.0 Å². The van der Waals surface area contributed by atoms with Gasteiger partial charge in [0.25, 0.3) is 0 Å². The summed E-state index contributed by atoms with van der Waals surface area (Å²) < 4.78 is 0.911. The van der Waals surface area contributed by atoms with Crippen LogP contribution in [-0.4, -0.2) is 15.2 Å². The molecule has 0 fully saturated rings. The normalized spacial score (nSPS) is 10.6. The number of nitrogens with zero attached hydrogens (tertiary/aromatic N) is 2. The fourth-order valence-electron chi connectivity index (χ4n) is 0.902. The average molecular weight is 213 g/mol. The Morgan fingerprint density at radius 1 is 1.55 bits per heavy atom. The van der Waals surface area contributed by atoms with Gasteiger partial charge < -0.3 is 5.73 Å². The maximum atomic E-state index is 5.51. The Balaban J connectivity index is 2.86.